The minimum Gasteiger partial charge on any atom is -0.356 e. The summed E-state index contributed by atoms with van der Waals surface area (Å²) >= 11 is 1.66. The van der Waals surface area contributed by atoms with Crippen LogP contribution in [0.3, 0.4) is 0 Å². The SMILES string of the molecule is CCCCCCCCCNC(=O)CCc1nc2sc3c(c2c(=O)[nH]1)CCCC3. The molecule has 6 heteroatoms. The number of fused-ring (bicyclic) bond motifs is 3. The number of H-pyrrole nitrogens is 1. The lowest BCUT2D eigenvalue weighted by Crippen LogP contribution is -2.25. The van der Waals surface area contributed by atoms with Crippen LogP contribution in [0.1, 0.15) is 87.4 Å². The van der Waals surface area contributed by atoms with E-state index in [2.05, 4.69) is 22.2 Å². The molecule has 2 aromatic rings. The lowest BCUT2D eigenvalue weighted by molar-refractivity contribution is -0.121. The fourth-order valence-electron chi connectivity index (χ4n) is 3.96. The molecule has 0 spiro atoms. The number of aromatic amines is 1. The van der Waals surface area contributed by atoms with Crippen LogP contribution in [0.25, 0.3) is 10.2 Å². The number of hydrogen-bond donors (Lipinski definition) is 2. The molecule has 5 nitrogen and oxygen atoms in total. The van der Waals surface area contributed by atoms with Gasteiger partial charge in [0.2, 0.25) is 5.91 Å². The molecule has 2 N–H and O–H groups in total. The van der Waals surface area contributed by atoms with Crippen LogP contribution >= 0.6 is 11.3 Å². The van der Waals surface area contributed by atoms with Crippen molar-refractivity contribution in [2.45, 2.75) is 90.4 Å². The first kappa shape index (κ1) is 21.0. The van der Waals surface area contributed by atoms with Gasteiger partial charge in [-0.05, 0) is 37.7 Å². The molecule has 154 valence electrons. The minimum absolute atomic E-state index is 0.0390. The molecule has 0 fully saturated rings. The summed E-state index contributed by atoms with van der Waals surface area (Å²) in [6.07, 6.45) is 14.0. The molecule has 1 aliphatic rings. The van der Waals surface area contributed by atoms with E-state index in [9.17, 15) is 9.59 Å². The molecule has 0 radical (unpaired) electrons. The van der Waals surface area contributed by atoms with E-state index < -0.39 is 0 Å². The highest BCUT2D eigenvalue weighted by Gasteiger charge is 2.19. The molecule has 1 amide bonds. The van der Waals surface area contributed by atoms with Crippen molar-refractivity contribution in [1.29, 1.82) is 0 Å². The maximum Gasteiger partial charge on any atom is 0.259 e. The van der Waals surface area contributed by atoms with Gasteiger partial charge in [0, 0.05) is 24.3 Å². The summed E-state index contributed by atoms with van der Waals surface area (Å²) < 4.78 is 0. The van der Waals surface area contributed by atoms with Crippen molar-refractivity contribution in [1.82, 2.24) is 15.3 Å². The number of amides is 1. The smallest absolute Gasteiger partial charge is 0.259 e. The highest BCUT2D eigenvalue weighted by atomic mass is 32.1. The van der Waals surface area contributed by atoms with Crippen LogP contribution in [0, 0.1) is 0 Å². The molecule has 2 heterocycles. The average Bonchev–Trinajstić information content (AvgIpc) is 3.07. The predicted molar refractivity (Wildman–Crippen MR) is 116 cm³/mol. The van der Waals surface area contributed by atoms with Crippen molar-refractivity contribution < 1.29 is 4.79 Å². The molecule has 3 rings (SSSR count). The maximum absolute atomic E-state index is 12.5. The van der Waals surface area contributed by atoms with E-state index in [1.54, 1.807) is 11.3 Å². The largest absolute Gasteiger partial charge is 0.356 e. The van der Waals surface area contributed by atoms with Gasteiger partial charge in [-0.25, -0.2) is 4.98 Å². The third kappa shape index (κ3) is 5.66. The summed E-state index contributed by atoms with van der Waals surface area (Å²) in [6.45, 7) is 2.97. The quantitative estimate of drug-likeness (QED) is 0.536. The number of nitrogens with zero attached hydrogens (tertiary/aromatic N) is 1. The monoisotopic (exact) mass is 403 g/mol. The number of carbonyl (C=O) groups is 1. The summed E-state index contributed by atoms with van der Waals surface area (Å²) in [5, 5.41) is 3.77. The molecule has 0 saturated heterocycles. The molecule has 0 aromatic carbocycles. The van der Waals surface area contributed by atoms with Gasteiger partial charge in [0.25, 0.3) is 5.56 Å². The van der Waals surface area contributed by atoms with Crippen molar-refractivity contribution in [3.63, 3.8) is 0 Å². The fraction of sp³-hybridized carbons (Fsp3) is 0.682. The van der Waals surface area contributed by atoms with E-state index in [-0.39, 0.29) is 11.5 Å². The van der Waals surface area contributed by atoms with E-state index in [0.29, 0.717) is 18.7 Å². The standard InChI is InChI=1S/C22H33N3O2S/c1-2-3-4-5-6-7-10-15-23-19(26)14-13-18-24-21(27)20-16-11-8-9-12-17(16)28-22(20)25-18/h2-15H2,1H3,(H,23,26)(H,24,25,27). The predicted octanol–water partition coefficient (Wildman–Crippen LogP) is 4.66. The molecular formula is C22H33N3O2S. The number of rotatable bonds is 11. The first-order valence-electron chi connectivity index (χ1n) is 11.0. The van der Waals surface area contributed by atoms with Crippen LogP contribution in [0.15, 0.2) is 4.79 Å². The summed E-state index contributed by atoms with van der Waals surface area (Å²) in [7, 11) is 0. The molecule has 0 bridgehead atoms. The summed E-state index contributed by atoms with van der Waals surface area (Å²) in [5.74, 6) is 0.668. The van der Waals surface area contributed by atoms with Gasteiger partial charge in [0.15, 0.2) is 0 Å². The summed E-state index contributed by atoms with van der Waals surface area (Å²) in [5.41, 5.74) is 1.17. The van der Waals surface area contributed by atoms with Gasteiger partial charge in [0.05, 0.1) is 5.39 Å². The third-order valence-electron chi connectivity index (χ3n) is 5.57. The van der Waals surface area contributed by atoms with E-state index in [0.717, 1.165) is 42.4 Å². The minimum atomic E-state index is -0.0390. The lowest BCUT2D eigenvalue weighted by Gasteiger charge is -2.09. The Morgan fingerprint density at radius 3 is 2.68 bits per heavy atom. The number of aryl methyl sites for hydroxylation is 3. The summed E-state index contributed by atoms with van der Waals surface area (Å²) in [6, 6.07) is 0. The number of nitrogens with one attached hydrogen (secondary N) is 2. The lowest BCUT2D eigenvalue weighted by atomic mass is 9.97. The molecule has 0 atom stereocenters. The molecule has 2 aromatic heterocycles. The van der Waals surface area contributed by atoms with Gasteiger partial charge in [0.1, 0.15) is 10.7 Å². The van der Waals surface area contributed by atoms with E-state index in [1.165, 1.54) is 55.4 Å². The second kappa shape index (κ2) is 10.7. The van der Waals surface area contributed by atoms with Crippen LogP contribution in [0.2, 0.25) is 0 Å². The van der Waals surface area contributed by atoms with Gasteiger partial charge < -0.3 is 10.3 Å². The Labute approximate surface area is 171 Å². The van der Waals surface area contributed by atoms with Gasteiger partial charge in [-0.1, -0.05) is 45.4 Å². The Kier molecular flexibility index (Phi) is 8.07. The van der Waals surface area contributed by atoms with Crippen LogP contribution in [0.5, 0.6) is 0 Å². The highest BCUT2D eigenvalue weighted by Crippen LogP contribution is 2.33. The molecule has 0 aliphatic heterocycles. The first-order chi connectivity index (χ1) is 13.7. The number of thiophene rings is 1. The molecular weight excluding hydrogens is 370 g/mol. The second-order valence-corrected chi connectivity index (χ2v) is 8.96. The van der Waals surface area contributed by atoms with Crippen LogP contribution in [-0.4, -0.2) is 22.4 Å². The summed E-state index contributed by atoms with van der Waals surface area (Å²) in [4.78, 5) is 34.3. The third-order valence-corrected chi connectivity index (χ3v) is 6.75. The Bertz CT molecular complexity index is 840. The van der Waals surface area contributed by atoms with Crippen LogP contribution < -0.4 is 10.9 Å². The Balaban J connectivity index is 1.42. The van der Waals surface area contributed by atoms with E-state index >= 15 is 0 Å². The molecule has 0 saturated carbocycles. The zero-order valence-electron chi connectivity index (χ0n) is 17.1. The number of unbranched alkanes of at least 4 members (excludes halogenated alkanes) is 6. The van der Waals surface area contributed by atoms with Crippen LogP contribution in [0.4, 0.5) is 0 Å². The van der Waals surface area contributed by atoms with Crippen molar-refractivity contribution in [3.05, 3.63) is 26.6 Å². The fourth-order valence-corrected chi connectivity index (χ4v) is 5.24. The topological polar surface area (TPSA) is 74.8 Å². The zero-order valence-corrected chi connectivity index (χ0v) is 17.9. The second-order valence-electron chi connectivity index (χ2n) is 7.87. The number of hydrogen-bond acceptors (Lipinski definition) is 4. The van der Waals surface area contributed by atoms with Crippen molar-refractivity contribution in [3.8, 4) is 0 Å². The Morgan fingerprint density at radius 2 is 1.86 bits per heavy atom. The molecule has 1 aliphatic carbocycles. The maximum atomic E-state index is 12.5. The average molecular weight is 404 g/mol. The van der Waals surface area contributed by atoms with Crippen molar-refractivity contribution >= 4 is 27.5 Å². The van der Waals surface area contributed by atoms with Gasteiger partial charge in [-0.3, -0.25) is 9.59 Å². The van der Waals surface area contributed by atoms with Gasteiger partial charge in [-0.2, -0.15) is 0 Å². The van der Waals surface area contributed by atoms with Crippen LogP contribution in [-0.2, 0) is 24.1 Å². The Hall–Kier alpha value is -1.69. The van der Waals surface area contributed by atoms with E-state index in [4.69, 9.17) is 0 Å². The Morgan fingerprint density at radius 1 is 1.11 bits per heavy atom. The number of carbonyl (C=O) groups excluding carboxylic acids is 1. The normalized spacial score (nSPS) is 13.6. The van der Waals surface area contributed by atoms with Crippen molar-refractivity contribution in [2.75, 3.05) is 6.54 Å². The number of aromatic nitrogens is 2. The first-order valence-corrected chi connectivity index (χ1v) is 11.8. The highest BCUT2D eigenvalue weighted by molar-refractivity contribution is 7.18. The van der Waals surface area contributed by atoms with Gasteiger partial charge >= 0.3 is 0 Å². The molecule has 28 heavy (non-hydrogen) atoms. The van der Waals surface area contributed by atoms with E-state index in [1.807, 2.05) is 0 Å². The van der Waals surface area contributed by atoms with Gasteiger partial charge in [-0.15, -0.1) is 11.3 Å². The molecule has 0 unspecified atom stereocenters. The zero-order chi connectivity index (χ0) is 19.8. The van der Waals surface area contributed by atoms with Crippen molar-refractivity contribution in [2.24, 2.45) is 0 Å².